The van der Waals surface area contributed by atoms with Gasteiger partial charge >= 0.3 is 0 Å². The van der Waals surface area contributed by atoms with Crippen LogP contribution in [0.1, 0.15) is 23.7 Å². The number of hydrogen-bond acceptors (Lipinski definition) is 4. The second-order valence-corrected chi connectivity index (χ2v) is 5.50. The number of hydrogen-bond donors (Lipinski definition) is 1. The van der Waals surface area contributed by atoms with E-state index < -0.39 is 5.82 Å². The molecule has 6 heteroatoms. The van der Waals surface area contributed by atoms with Gasteiger partial charge in [-0.1, -0.05) is 6.92 Å². The van der Waals surface area contributed by atoms with Crippen LogP contribution in [0.2, 0.25) is 0 Å². The van der Waals surface area contributed by atoms with E-state index in [4.69, 9.17) is 4.74 Å². The van der Waals surface area contributed by atoms with E-state index in [1.54, 1.807) is 11.0 Å². The quantitative estimate of drug-likeness (QED) is 0.892. The number of aliphatic hydroxyl groups is 1. The van der Waals surface area contributed by atoms with Crippen LogP contribution in [0, 0.1) is 5.82 Å². The van der Waals surface area contributed by atoms with E-state index in [9.17, 15) is 14.3 Å². The van der Waals surface area contributed by atoms with Crippen LogP contribution in [-0.4, -0.2) is 66.8 Å². The maximum Gasteiger partial charge on any atom is 0.256 e. The number of methoxy groups -OCH3 is 1. The standard InChI is InChI=1S/C16H23FN2O3/c1-3-12(20)11-18-6-8-19(9-7-18)16(21)14-5-4-13(22-2)10-15(14)17/h4-5,10,12,20H,3,6-9,11H2,1-2H3/t12-/m0/s1. The van der Waals surface area contributed by atoms with E-state index in [1.807, 2.05) is 6.92 Å². The summed E-state index contributed by atoms with van der Waals surface area (Å²) in [7, 11) is 1.46. The highest BCUT2D eigenvalue weighted by Gasteiger charge is 2.24. The van der Waals surface area contributed by atoms with Crippen LogP contribution in [0.25, 0.3) is 0 Å². The first kappa shape index (κ1) is 16.7. The zero-order valence-electron chi connectivity index (χ0n) is 13.1. The van der Waals surface area contributed by atoms with Gasteiger partial charge in [-0.25, -0.2) is 4.39 Å². The largest absolute Gasteiger partial charge is 0.497 e. The van der Waals surface area contributed by atoms with E-state index in [2.05, 4.69) is 4.90 Å². The van der Waals surface area contributed by atoms with Crippen molar-refractivity contribution in [1.29, 1.82) is 0 Å². The number of amides is 1. The molecule has 1 heterocycles. The molecule has 1 fully saturated rings. The average Bonchev–Trinajstić information content (AvgIpc) is 2.54. The lowest BCUT2D eigenvalue weighted by Crippen LogP contribution is -2.50. The predicted molar refractivity (Wildman–Crippen MR) is 81.6 cm³/mol. The summed E-state index contributed by atoms with van der Waals surface area (Å²) in [6, 6.07) is 4.27. The Kier molecular flexibility index (Phi) is 5.74. The Bertz CT molecular complexity index is 516. The fourth-order valence-corrected chi connectivity index (χ4v) is 2.53. The predicted octanol–water partition coefficient (Wildman–Crippen LogP) is 1.36. The molecule has 0 radical (unpaired) electrons. The smallest absolute Gasteiger partial charge is 0.256 e. The number of ether oxygens (including phenoxy) is 1. The van der Waals surface area contributed by atoms with Gasteiger partial charge in [0.2, 0.25) is 0 Å². The van der Waals surface area contributed by atoms with Gasteiger partial charge < -0.3 is 14.7 Å². The summed E-state index contributed by atoms with van der Waals surface area (Å²) in [5.41, 5.74) is 0.0721. The Hall–Kier alpha value is -1.66. The van der Waals surface area contributed by atoms with Gasteiger partial charge in [0, 0.05) is 38.8 Å². The molecule has 1 aromatic carbocycles. The van der Waals surface area contributed by atoms with Crippen molar-refractivity contribution in [3.05, 3.63) is 29.6 Å². The first-order valence-electron chi connectivity index (χ1n) is 7.58. The molecule has 122 valence electrons. The Morgan fingerprint density at radius 2 is 2.05 bits per heavy atom. The van der Waals surface area contributed by atoms with Gasteiger partial charge in [-0.3, -0.25) is 9.69 Å². The summed E-state index contributed by atoms with van der Waals surface area (Å²) in [5, 5.41) is 9.67. The molecule has 1 aliphatic rings. The molecule has 0 aromatic heterocycles. The molecule has 1 aliphatic heterocycles. The first-order chi connectivity index (χ1) is 10.5. The van der Waals surface area contributed by atoms with Crippen LogP contribution in [-0.2, 0) is 0 Å². The minimum absolute atomic E-state index is 0.0721. The van der Waals surface area contributed by atoms with Crippen molar-refractivity contribution < 1.29 is 19.0 Å². The third kappa shape index (κ3) is 3.96. The van der Waals surface area contributed by atoms with Crippen LogP contribution >= 0.6 is 0 Å². The number of carbonyl (C=O) groups is 1. The van der Waals surface area contributed by atoms with Crippen molar-refractivity contribution in [1.82, 2.24) is 9.80 Å². The van der Waals surface area contributed by atoms with Crippen LogP contribution in [0.15, 0.2) is 18.2 Å². The van der Waals surface area contributed by atoms with Gasteiger partial charge in [0.05, 0.1) is 18.8 Å². The number of halogens is 1. The topological polar surface area (TPSA) is 53.0 Å². The average molecular weight is 310 g/mol. The first-order valence-corrected chi connectivity index (χ1v) is 7.58. The molecular weight excluding hydrogens is 287 g/mol. The van der Waals surface area contributed by atoms with E-state index in [0.717, 1.165) is 6.42 Å². The molecule has 0 aliphatic carbocycles. The Labute approximate surface area is 130 Å². The van der Waals surface area contributed by atoms with Crippen LogP contribution in [0.4, 0.5) is 4.39 Å². The molecule has 1 atom stereocenters. The SMILES string of the molecule is CC[C@H](O)CN1CCN(C(=O)c2ccc(OC)cc2F)CC1. The van der Waals surface area contributed by atoms with Crippen molar-refractivity contribution in [3.63, 3.8) is 0 Å². The number of nitrogens with zero attached hydrogens (tertiary/aromatic N) is 2. The van der Waals surface area contributed by atoms with Crippen molar-refractivity contribution in [2.75, 3.05) is 39.8 Å². The number of piperazine rings is 1. The maximum absolute atomic E-state index is 14.0. The number of rotatable bonds is 5. The Balaban J connectivity index is 1.95. The summed E-state index contributed by atoms with van der Waals surface area (Å²) < 4.78 is 18.9. The summed E-state index contributed by atoms with van der Waals surface area (Å²) in [6.07, 6.45) is 0.386. The third-order valence-electron chi connectivity index (χ3n) is 4.01. The van der Waals surface area contributed by atoms with Crippen molar-refractivity contribution in [2.45, 2.75) is 19.4 Å². The van der Waals surface area contributed by atoms with Gasteiger partial charge in [0.1, 0.15) is 11.6 Å². The minimum atomic E-state index is -0.562. The fraction of sp³-hybridized carbons (Fsp3) is 0.562. The van der Waals surface area contributed by atoms with Gasteiger partial charge in [0.15, 0.2) is 0 Å². The second-order valence-electron chi connectivity index (χ2n) is 5.50. The van der Waals surface area contributed by atoms with Crippen molar-refractivity contribution in [2.24, 2.45) is 0 Å². The summed E-state index contributed by atoms with van der Waals surface area (Å²) >= 11 is 0. The van der Waals surface area contributed by atoms with Crippen LogP contribution in [0.5, 0.6) is 5.75 Å². The number of aliphatic hydroxyl groups excluding tert-OH is 1. The zero-order valence-corrected chi connectivity index (χ0v) is 13.1. The molecule has 0 bridgehead atoms. The van der Waals surface area contributed by atoms with Crippen molar-refractivity contribution >= 4 is 5.91 Å². The highest BCUT2D eigenvalue weighted by molar-refractivity contribution is 5.94. The Morgan fingerprint density at radius 3 is 2.59 bits per heavy atom. The molecule has 22 heavy (non-hydrogen) atoms. The summed E-state index contributed by atoms with van der Waals surface area (Å²) in [6.45, 7) is 5.04. The third-order valence-corrected chi connectivity index (χ3v) is 4.01. The van der Waals surface area contributed by atoms with Crippen molar-refractivity contribution in [3.8, 4) is 5.75 Å². The summed E-state index contributed by atoms with van der Waals surface area (Å²) in [5.74, 6) is -0.462. The molecule has 5 nitrogen and oxygen atoms in total. The minimum Gasteiger partial charge on any atom is -0.497 e. The van der Waals surface area contributed by atoms with Gasteiger partial charge in [-0.15, -0.1) is 0 Å². The maximum atomic E-state index is 14.0. The molecule has 1 aromatic rings. The van der Waals surface area contributed by atoms with E-state index in [1.165, 1.54) is 19.2 Å². The second kappa shape index (κ2) is 7.56. The fourth-order valence-electron chi connectivity index (χ4n) is 2.53. The molecule has 0 spiro atoms. The van der Waals surface area contributed by atoms with Gasteiger partial charge in [-0.05, 0) is 18.6 Å². The molecule has 1 amide bonds. The normalized spacial score (nSPS) is 17.4. The van der Waals surface area contributed by atoms with Gasteiger partial charge in [0.25, 0.3) is 5.91 Å². The molecule has 0 saturated carbocycles. The number of carbonyl (C=O) groups excluding carboxylic acids is 1. The summed E-state index contributed by atoms with van der Waals surface area (Å²) in [4.78, 5) is 16.2. The van der Waals surface area contributed by atoms with E-state index in [0.29, 0.717) is 38.5 Å². The zero-order chi connectivity index (χ0) is 16.1. The van der Waals surface area contributed by atoms with Crippen LogP contribution in [0.3, 0.4) is 0 Å². The highest BCUT2D eigenvalue weighted by atomic mass is 19.1. The lowest BCUT2D eigenvalue weighted by Gasteiger charge is -2.35. The lowest BCUT2D eigenvalue weighted by atomic mass is 10.1. The molecule has 1 saturated heterocycles. The molecule has 1 N–H and O–H groups in total. The lowest BCUT2D eigenvalue weighted by molar-refractivity contribution is 0.0520. The molecule has 2 rings (SSSR count). The Morgan fingerprint density at radius 1 is 1.36 bits per heavy atom. The number of β-amino-alcohol motifs (C(OH)–C–C–N with tert-alkyl or cyclic N) is 1. The van der Waals surface area contributed by atoms with E-state index >= 15 is 0 Å². The number of benzene rings is 1. The molecular formula is C16H23FN2O3. The van der Waals surface area contributed by atoms with Crippen LogP contribution < -0.4 is 4.74 Å². The molecule has 0 unspecified atom stereocenters. The van der Waals surface area contributed by atoms with Gasteiger partial charge in [-0.2, -0.15) is 0 Å². The van der Waals surface area contributed by atoms with E-state index in [-0.39, 0.29) is 17.6 Å². The highest BCUT2D eigenvalue weighted by Crippen LogP contribution is 2.18. The monoisotopic (exact) mass is 310 g/mol.